The molecule has 0 aliphatic rings. The lowest BCUT2D eigenvalue weighted by Crippen LogP contribution is -2.20. The van der Waals surface area contributed by atoms with Crippen LogP contribution < -0.4 is 5.73 Å². The molecule has 1 aromatic rings. The van der Waals surface area contributed by atoms with Gasteiger partial charge in [0.1, 0.15) is 10.8 Å². The highest BCUT2D eigenvalue weighted by Crippen LogP contribution is 2.19. The van der Waals surface area contributed by atoms with E-state index in [2.05, 4.69) is 4.98 Å². The molecule has 0 spiro atoms. The summed E-state index contributed by atoms with van der Waals surface area (Å²) < 4.78 is 23.5. The molecule has 6 heteroatoms. The summed E-state index contributed by atoms with van der Waals surface area (Å²) in [4.78, 5) is 5.31. The maximum atomic E-state index is 11.7. The fourth-order valence-electron chi connectivity index (χ4n) is 1.23. The molecular formula is C10H18N2O2S2. The van der Waals surface area contributed by atoms with Gasteiger partial charge in [-0.05, 0) is 27.2 Å². The third-order valence-electron chi connectivity index (χ3n) is 2.30. The Balaban J connectivity index is 2.66. The van der Waals surface area contributed by atoms with Gasteiger partial charge in [0.05, 0.1) is 11.4 Å². The second-order valence-electron chi connectivity index (χ2n) is 4.11. The quantitative estimate of drug-likeness (QED) is 0.871. The van der Waals surface area contributed by atoms with E-state index in [0.717, 1.165) is 10.6 Å². The van der Waals surface area contributed by atoms with Crippen molar-refractivity contribution < 1.29 is 8.42 Å². The topological polar surface area (TPSA) is 73.0 Å². The molecule has 0 saturated heterocycles. The van der Waals surface area contributed by atoms with Gasteiger partial charge in [-0.1, -0.05) is 0 Å². The van der Waals surface area contributed by atoms with Crippen molar-refractivity contribution in [2.75, 3.05) is 5.75 Å². The summed E-state index contributed by atoms with van der Waals surface area (Å²) in [6, 6.07) is -0.0745. The minimum atomic E-state index is -3.07. The van der Waals surface area contributed by atoms with Crippen LogP contribution in [0.15, 0.2) is 0 Å². The highest BCUT2D eigenvalue weighted by molar-refractivity contribution is 7.90. The zero-order valence-electron chi connectivity index (χ0n) is 9.86. The highest BCUT2D eigenvalue weighted by Gasteiger charge is 2.16. The third kappa shape index (κ3) is 4.19. The molecule has 0 aliphatic heterocycles. The Hall–Kier alpha value is -0.460. The smallest absolute Gasteiger partial charge is 0.156 e. The first-order valence-electron chi connectivity index (χ1n) is 5.19. The summed E-state index contributed by atoms with van der Waals surface area (Å²) in [5.74, 6) is 0.182. The number of sulfone groups is 1. The summed E-state index contributed by atoms with van der Waals surface area (Å²) in [5.41, 5.74) is 6.46. The fraction of sp³-hybridized carbons (Fsp3) is 0.700. The van der Waals surface area contributed by atoms with Crippen LogP contribution in [0.4, 0.5) is 0 Å². The summed E-state index contributed by atoms with van der Waals surface area (Å²) in [6.45, 7) is 5.65. The van der Waals surface area contributed by atoms with Crippen LogP contribution in [-0.4, -0.2) is 25.2 Å². The van der Waals surface area contributed by atoms with E-state index < -0.39 is 9.84 Å². The zero-order chi connectivity index (χ0) is 12.3. The lowest BCUT2D eigenvalue weighted by atomic mass is 10.3. The van der Waals surface area contributed by atoms with E-state index in [1.807, 2.05) is 20.8 Å². The molecule has 92 valence electrons. The van der Waals surface area contributed by atoms with Gasteiger partial charge in [-0.25, -0.2) is 13.4 Å². The Bertz CT molecular complexity index is 430. The van der Waals surface area contributed by atoms with E-state index in [-0.39, 0.29) is 17.5 Å². The van der Waals surface area contributed by atoms with Crippen LogP contribution in [0.3, 0.4) is 0 Å². The Kier molecular flexibility index (Phi) is 4.46. The van der Waals surface area contributed by atoms with Gasteiger partial charge in [0.25, 0.3) is 0 Å². The number of nitrogens with two attached hydrogens (primary N) is 1. The van der Waals surface area contributed by atoms with Crippen molar-refractivity contribution in [2.45, 2.75) is 39.0 Å². The predicted octanol–water partition coefficient (Wildman–Crippen LogP) is 1.41. The molecular weight excluding hydrogens is 244 g/mol. The molecule has 0 radical (unpaired) electrons. The van der Waals surface area contributed by atoms with Gasteiger partial charge in [0.15, 0.2) is 9.84 Å². The van der Waals surface area contributed by atoms with Crippen molar-refractivity contribution in [1.29, 1.82) is 0 Å². The van der Waals surface area contributed by atoms with Crippen LogP contribution in [0.2, 0.25) is 0 Å². The van der Waals surface area contributed by atoms with Crippen LogP contribution >= 0.6 is 11.3 Å². The average Bonchev–Trinajstić information content (AvgIpc) is 2.42. The van der Waals surface area contributed by atoms with Crippen LogP contribution in [0.5, 0.6) is 0 Å². The van der Waals surface area contributed by atoms with E-state index in [1.165, 1.54) is 11.3 Å². The van der Waals surface area contributed by atoms with Gasteiger partial charge >= 0.3 is 0 Å². The zero-order valence-corrected chi connectivity index (χ0v) is 11.5. The third-order valence-corrected chi connectivity index (χ3v) is 5.13. The lowest BCUT2D eigenvalue weighted by molar-refractivity contribution is 0.586. The van der Waals surface area contributed by atoms with Crippen molar-refractivity contribution in [3.05, 3.63) is 15.6 Å². The molecule has 0 aliphatic carbocycles. The van der Waals surface area contributed by atoms with Crippen LogP contribution in [0, 0.1) is 13.8 Å². The SMILES string of the molecule is Cc1nc(CS(=O)(=O)CCC(C)N)sc1C. The van der Waals surface area contributed by atoms with Crippen molar-refractivity contribution in [1.82, 2.24) is 4.98 Å². The number of nitrogens with zero attached hydrogens (tertiary/aromatic N) is 1. The van der Waals surface area contributed by atoms with E-state index in [0.29, 0.717) is 11.4 Å². The van der Waals surface area contributed by atoms with Gasteiger partial charge in [-0.15, -0.1) is 11.3 Å². The number of thiazole rings is 1. The molecule has 1 aromatic heterocycles. The van der Waals surface area contributed by atoms with Crippen LogP contribution in [-0.2, 0) is 15.6 Å². The molecule has 0 saturated carbocycles. The van der Waals surface area contributed by atoms with E-state index in [1.54, 1.807) is 0 Å². The Morgan fingerprint density at radius 2 is 2.06 bits per heavy atom. The van der Waals surface area contributed by atoms with Crippen molar-refractivity contribution >= 4 is 21.2 Å². The molecule has 0 fully saturated rings. The lowest BCUT2D eigenvalue weighted by Gasteiger charge is -2.04. The number of aromatic nitrogens is 1. The minimum Gasteiger partial charge on any atom is -0.328 e. The first-order valence-corrected chi connectivity index (χ1v) is 7.83. The van der Waals surface area contributed by atoms with Crippen molar-refractivity contribution in [3.8, 4) is 0 Å². The average molecular weight is 262 g/mol. The first kappa shape index (κ1) is 13.6. The maximum absolute atomic E-state index is 11.7. The molecule has 1 rings (SSSR count). The second kappa shape index (κ2) is 5.25. The number of hydrogen-bond donors (Lipinski definition) is 1. The second-order valence-corrected chi connectivity index (χ2v) is 7.58. The highest BCUT2D eigenvalue weighted by atomic mass is 32.2. The van der Waals surface area contributed by atoms with Gasteiger partial charge in [0.2, 0.25) is 0 Å². The number of rotatable bonds is 5. The maximum Gasteiger partial charge on any atom is 0.156 e. The largest absolute Gasteiger partial charge is 0.328 e. The molecule has 1 atom stereocenters. The summed E-state index contributed by atoms with van der Waals surface area (Å²) >= 11 is 1.45. The molecule has 0 bridgehead atoms. The molecule has 1 heterocycles. The standard InChI is InChI=1S/C10H18N2O2S2/c1-7(11)4-5-16(13,14)6-10-12-8(2)9(3)15-10/h7H,4-6,11H2,1-3H3. The van der Waals surface area contributed by atoms with E-state index >= 15 is 0 Å². The van der Waals surface area contributed by atoms with Gasteiger partial charge in [-0.3, -0.25) is 0 Å². The predicted molar refractivity (Wildman–Crippen MR) is 67.3 cm³/mol. The van der Waals surface area contributed by atoms with Crippen molar-refractivity contribution in [2.24, 2.45) is 5.73 Å². The molecule has 1 unspecified atom stereocenters. The normalized spacial score (nSPS) is 14.0. The summed E-state index contributed by atoms with van der Waals surface area (Å²) in [5, 5.41) is 0.680. The Morgan fingerprint density at radius 1 is 1.44 bits per heavy atom. The molecule has 16 heavy (non-hydrogen) atoms. The Morgan fingerprint density at radius 3 is 2.50 bits per heavy atom. The van der Waals surface area contributed by atoms with E-state index in [9.17, 15) is 8.42 Å². The van der Waals surface area contributed by atoms with Gasteiger partial charge in [0, 0.05) is 10.9 Å². The molecule has 2 N–H and O–H groups in total. The number of aryl methyl sites for hydroxylation is 2. The monoisotopic (exact) mass is 262 g/mol. The van der Waals surface area contributed by atoms with Crippen LogP contribution in [0.25, 0.3) is 0 Å². The molecule has 0 aromatic carbocycles. The van der Waals surface area contributed by atoms with Gasteiger partial charge < -0.3 is 5.73 Å². The Labute approximate surface area is 101 Å². The van der Waals surface area contributed by atoms with Crippen molar-refractivity contribution in [3.63, 3.8) is 0 Å². The summed E-state index contributed by atoms with van der Waals surface area (Å²) in [7, 11) is -3.07. The van der Waals surface area contributed by atoms with E-state index in [4.69, 9.17) is 5.73 Å². The molecule has 0 amide bonds. The summed E-state index contributed by atoms with van der Waals surface area (Å²) in [6.07, 6.45) is 0.506. The first-order chi connectivity index (χ1) is 7.30. The minimum absolute atomic E-state index is 0.0407. The fourth-order valence-corrected chi connectivity index (χ4v) is 4.05. The van der Waals surface area contributed by atoms with Crippen LogP contribution in [0.1, 0.15) is 28.9 Å². The molecule has 4 nitrogen and oxygen atoms in total. The van der Waals surface area contributed by atoms with Gasteiger partial charge in [-0.2, -0.15) is 0 Å². The number of hydrogen-bond acceptors (Lipinski definition) is 5.